The summed E-state index contributed by atoms with van der Waals surface area (Å²) in [4.78, 5) is 22.0. The molecule has 0 bridgehead atoms. The first-order valence-electron chi connectivity index (χ1n) is 14.6. The van der Waals surface area contributed by atoms with Gasteiger partial charge in [-0.15, -0.1) is 0 Å². The summed E-state index contributed by atoms with van der Waals surface area (Å²) in [5, 5.41) is 19.3. The highest BCUT2D eigenvalue weighted by Crippen LogP contribution is 2.41. The molecule has 1 aliphatic rings. The second-order valence-corrected chi connectivity index (χ2v) is 11.6. The maximum atomic E-state index is 15.3. The van der Waals surface area contributed by atoms with Gasteiger partial charge in [0.2, 0.25) is 5.91 Å². The number of rotatable bonds is 13. The minimum Gasteiger partial charge on any atom is -0.496 e. The second kappa shape index (κ2) is 15.0. The molecular formula is C33H35Cl2FN6O3. The summed E-state index contributed by atoms with van der Waals surface area (Å²) in [6, 6.07) is 14.7. The number of hydrogen-bond acceptors (Lipinski definition) is 8. The van der Waals surface area contributed by atoms with Crippen LogP contribution in [0.15, 0.2) is 60.9 Å². The number of aliphatic hydroxyl groups excluding tert-OH is 1. The second-order valence-electron chi connectivity index (χ2n) is 10.9. The zero-order valence-corrected chi connectivity index (χ0v) is 26.6. The van der Waals surface area contributed by atoms with Crippen molar-refractivity contribution < 1.29 is 19.0 Å². The number of carbonyl (C=O) groups excluding carboxylic acids is 1. The Kier molecular flexibility index (Phi) is 10.9. The highest BCUT2D eigenvalue weighted by Gasteiger charge is 2.21. The number of ether oxygens (including phenoxy) is 1. The van der Waals surface area contributed by atoms with Gasteiger partial charge in [0, 0.05) is 78.9 Å². The third-order valence-electron chi connectivity index (χ3n) is 7.67. The van der Waals surface area contributed by atoms with Gasteiger partial charge in [-0.1, -0.05) is 47.5 Å². The molecule has 0 saturated carbocycles. The number of methoxy groups -OCH3 is 1. The number of anilines is 2. The predicted molar refractivity (Wildman–Crippen MR) is 175 cm³/mol. The lowest BCUT2D eigenvalue weighted by Gasteiger charge is -2.18. The SMILES string of the molecule is COc1cc(-c2nccc(-c3cccc(Nc4nccc(CN(C)CCO)c4F)c3Cl)c2Cl)ccc1CNC[C@@H]1CCC(=O)N1. The standard InChI is InChI=1S/C33H35Cl2FN6O3/c1-42(14-15-43)19-22-10-12-39-33(31(22)36)41-26-5-3-4-24(29(26)34)25-11-13-38-32(30(25)35)20-6-7-21(27(16-20)45-2)17-37-18-23-8-9-28(44)40-23/h3-7,10-13,16,23,37,43H,8-9,14-15,17-19H2,1-2H3,(H,39,41)(H,40,44)/t23-/m0/s1. The predicted octanol–water partition coefficient (Wildman–Crippen LogP) is 5.80. The van der Waals surface area contributed by atoms with E-state index in [2.05, 4.69) is 25.9 Å². The molecule has 2 aromatic carbocycles. The topological polar surface area (TPSA) is 112 Å². The number of pyridine rings is 2. The van der Waals surface area contributed by atoms with E-state index in [1.165, 1.54) is 6.20 Å². The van der Waals surface area contributed by atoms with Gasteiger partial charge in [0.25, 0.3) is 0 Å². The molecule has 12 heteroatoms. The molecule has 4 aromatic rings. The largest absolute Gasteiger partial charge is 0.496 e. The van der Waals surface area contributed by atoms with Gasteiger partial charge >= 0.3 is 0 Å². The Morgan fingerprint density at radius 2 is 1.89 bits per heavy atom. The van der Waals surface area contributed by atoms with E-state index >= 15 is 4.39 Å². The molecule has 4 N–H and O–H groups in total. The molecule has 9 nitrogen and oxygen atoms in total. The first-order valence-corrected chi connectivity index (χ1v) is 15.3. The van der Waals surface area contributed by atoms with Crippen LogP contribution in [0.1, 0.15) is 24.0 Å². The molecule has 1 saturated heterocycles. The van der Waals surface area contributed by atoms with E-state index in [-0.39, 0.29) is 24.4 Å². The summed E-state index contributed by atoms with van der Waals surface area (Å²) >= 11 is 13.8. The number of likely N-dealkylation sites (N-methyl/N-ethyl adjacent to an activating group) is 1. The maximum absolute atomic E-state index is 15.3. The molecule has 236 valence electrons. The highest BCUT2D eigenvalue weighted by atomic mass is 35.5. The van der Waals surface area contributed by atoms with Crippen molar-refractivity contribution in [3.63, 3.8) is 0 Å². The molecule has 0 spiro atoms. The van der Waals surface area contributed by atoms with Crippen LogP contribution >= 0.6 is 23.2 Å². The van der Waals surface area contributed by atoms with Gasteiger partial charge in [-0.05, 0) is 37.7 Å². The Morgan fingerprint density at radius 3 is 2.64 bits per heavy atom. The molecule has 1 fully saturated rings. The van der Waals surface area contributed by atoms with Crippen LogP contribution in [0.4, 0.5) is 15.9 Å². The summed E-state index contributed by atoms with van der Waals surface area (Å²) in [6.45, 7) is 1.97. The maximum Gasteiger partial charge on any atom is 0.220 e. The Bertz CT molecular complexity index is 1670. The average molecular weight is 654 g/mol. The number of amides is 1. The van der Waals surface area contributed by atoms with Crippen molar-refractivity contribution in [1.82, 2.24) is 25.5 Å². The van der Waals surface area contributed by atoms with Crippen molar-refractivity contribution in [2.45, 2.75) is 32.0 Å². The van der Waals surface area contributed by atoms with Gasteiger partial charge in [0.05, 0.1) is 35.1 Å². The highest BCUT2D eigenvalue weighted by molar-refractivity contribution is 6.39. The van der Waals surface area contributed by atoms with Gasteiger partial charge in [-0.2, -0.15) is 0 Å². The minimum atomic E-state index is -0.495. The lowest BCUT2D eigenvalue weighted by Crippen LogP contribution is -2.35. The summed E-state index contributed by atoms with van der Waals surface area (Å²) < 4.78 is 21.0. The van der Waals surface area contributed by atoms with Crippen LogP contribution in [-0.4, -0.2) is 65.8 Å². The van der Waals surface area contributed by atoms with E-state index in [9.17, 15) is 9.90 Å². The lowest BCUT2D eigenvalue weighted by molar-refractivity contribution is -0.119. The number of nitrogens with zero attached hydrogens (tertiary/aromatic N) is 3. The van der Waals surface area contributed by atoms with Crippen molar-refractivity contribution in [3.8, 4) is 28.1 Å². The zero-order valence-electron chi connectivity index (χ0n) is 25.0. The fourth-order valence-electron chi connectivity index (χ4n) is 5.30. The molecule has 2 aromatic heterocycles. The number of aromatic nitrogens is 2. The van der Waals surface area contributed by atoms with Crippen molar-refractivity contribution in [3.05, 3.63) is 87.9 Å². The fourth-order valence-corrected chi connectivity index (χ4v) is 5.90. The number of halogens is 3. The molecule has 45 heavy (non-hydrogen) atoms. The van der Waals surface area contributed by atoms with Gasteiger partial charge in [0.1, 0.15) is 5.75 Å². The van der Waals surface area contributed by atoms with Crippen molar-refractivity contribution in [1.29, 1.82) is 0 Å². The number of aliphatic hydroxyl groups is 1. The van der Waals surface area contributed by atoms with E-state index in [0.29, 0.717) is 76.5 Å². The molecule has 3 heterocycles. The fraction of sp³-hybridized carbons (Fsp3) is 0.303. The van der Waals surface area contributed by atoms with Crippen LogP contribution in [0.25, 0.3) is 22.4 Å². The van der Waals surface area contributed by atoms with E-state index < -0.39 is 5.82 Å². The van der Waals surface area contributed by atoms with Crippen LogP contribution in [-0.2, 0) is 17.9 Å². The summed E-state index contributed by atoms with van der Waals surface area (Å²) in [5.74, 6) is 0.322. The van der Waals surface area contributed by atoms with Gasteiger partial charge in [-0.3, -0.25) is 14.7 Å². The van der Waals surface area contributed by atoms with Gasteiger partial charge < -0.3 is 25.8 Å². The lowest BCUT2D eigenvalue weighted by atomic mass is 10.0. The zero-order chi connectivity index (χ0) is 31.9. The van der Waals surface area contributed by atoms with Gasteiger partial charge in [-0.25, -0.2) is 9.37 Å². The van der Waals surface area contributed by atoms with Crippen LogP contribution < -0.4 is 20.7 Å². The summed E-state index contributed by atoms with van der Waals surface area (Å²) in [7, 11) is 3.42. The average Bonchev–Trinajstić information content (AvgIpc) is 3.45. The van der Waals surface area contributed by atoms with Crippen LogP contribution in [0.2, 0.25) is 10.0 Å². The monoisotopic (exact) mass is 652 g/mol. The Labute approximate surface area is 271 Å². The smallest absolute Gasteiger partial charge is 0.220 e. The van der Waals surface area contributed by atoms with E-state index in [4.69, 9.17) is 27.9 Å². The molecular weight excluding hydrogens is 618 g/mol. The van der Waals surface area contributed by atoms with Crippen LogP contribution in [0.3, 0.4) is 0 Å². The molecule has 5 rings (SSSR count). The van der Waals surface area contributed by atoms with Gasteiger partial charge in [0.15, 0.2) is 11.6 Å². The normalized spacial score (nSPS) is 14.6. The summed E-state index contributed by atoms with van der Waals surface area (Å²) in [5.41, 5.74) is 4.49. The minimum absolute atomic E-state index is 0.0183. The van der Waals surface area contributed by atoms with Crippen molar-refractivity contribution in [2.24, 2.45) is 0 Å². The molecule has 0 aliphatic carbocycles. The van der Waals surface area contributed by atoms with Crippen LogP contribution in [0, 0.1) is 5.82 Å². The van der Waals surface area contributed by atoms with Crippen LogP contribution in [0.5, 0.6) is 5.75 Å². The molecule has 1 atom stereocenters. The third-order valence-corrected chi connectivity index (χ3v) is 8.46. The van der Waals surface area contributed by atoms with Crippen molar-refractivity contribution in [2.75, 3.05) is 39.2 Å². The van der Waals surface area contributed by atoms with E-state index in [1.54, 1.807) is 44.6 Å². The molecule has 0 unspecified atom stereocenters. The number of carbonyl (C=O) groups is 1. The Hall–Kier alpha value is -3.80. The third kappa shape index (κ3) is 7.71. The number of nitrogens with one attached hydrogen (secondary N) is 3. The molecule has 0 radical (unpaired) electrons. The Morgan fingerprint density at radius 1 is 1.09 bits per heavy atom. The molecule has 1 aliphatic heterocycles. The van der Waals surface area contributed by atoms with E-state index in [0.717, 1.165) is 17.5 Å². The first kappa shape index (κ1) is 32.6. The summed E-state index contributed by atoms with van der Waals surface area (Å²) in [6.07, 6.45) is 4.59. The quantitative estimate of drug-likeness (QED) is 0.143. The van der Waals surface area contributed by atoms with Crippen molar-refractivity contribution >= 4 is 40.6 Å². The number of benzene rings is 2. The van der Waals surface area contributed by atoms with E-state index in [1.807, 2.05) is 29.2 Å². The Balaban J connectivity index is 1.37. The number of hydrogen-bond donors (Lipinski definition) is 4. The first-order chi connectivity index (χ1) is 21.8. The molecule has 1 amide bonds.